The molecular formula is C30H30Cl2N2O5. The van der Waals surface area contributed by atoms with Crippen molar-refractivity contribution in [2.24, 2.45) is 0 Å². The van der Waals surface area contributed by atoms with Crippen molar-refractivity contribution >= 4 is 40.8 Å². The maximum atomic E-state index is 13.3. The van der Waals surface area contributed by atoms with E-state index in [0.29, 0.717) is 52.4 Å². The number of rotatable bonds is 7. The minimum absolute atomic E-state index is 0.130. The number of carbonyl (C=O) groups excluding carboxylic acids is 1. The van der Waals surface area contributed by atoms with Crippen LogP contribution in [-0.4, -0.2) is 41.0 Å². The molecule has 3 atom stereocenters. The molecule has 3 aromatic carbocycles. The van der Waals surface area contributed by atoms with Crippen molar-refractivity contribution < 1.29 is 24.2 Å². The second kappa shape index (κ2) is 11.1. The molecule has 0 aromatic heterocycles. The first-order valence-electron chi connectivity index (χ1n) is 12.9. The number of benzene rings is 3. The number of fused-ring (bicyclic) bond motifs is 2. The largest absolute Gasteiger partial charge is 0.489 e. The van der Waals surface area contributed by atoms with E-state index in [0.717, 1.165) is 23.1 Å². The van der Waals surface area contributed by atoms with Gasteiger partial charge < -0.3 is 19.5 Å². The van der Waals surface area contributed by atoms with Crippen LogP contribution in [0.5, 0.6) is 11.5 Å². The minimum Gasteiger partial charge on any atom is -0.489 e. The Hall–Kier alpha value is -3.26. The summed E-state index contributed by atoms with van der Waals surface area (Å²) in [7, 11) is 1.72. The zero-order valence-electron chi connectivity index (χ0n) is 22.0. The van der Waals surface area contributed by atoms with Gasteiger partial charge in [0.1, 0.15) is 24.1 Å². The minimum atomic E-state index is -0.830. The Morgan fingerprint density at radius 3 is 2.51 bits per heavy atom. The number of carboxylic acids is 1. The molecule has 0 spiro atoms. The van der Waals surface area contributed by atoms with Gasteiger partial charge >= 0.3 is 5.97 Å². The van der Waals surface area contributed by atoms with Crippen LogP contribution in [0.2, 0.25) is 10.0 Å². The molecule has 1 N–H and O–H groups in total. The van der Waals surface area contributed by atoms with Crippen molar-refractivity contribution in [1.29, 1.82) is 0 Å². The Kier molecular flexibility index (Phi) is 7.76. The van der Waals surface area contributed by atoms with Gasteiger partial charge in [0, 0.05) is 25.2 Å². The number of likely N-dealkylation sites (N-methyl/N-ethyl adjacent to an activating group) is 1. The van der Waals surface area contributed by atoms with Crippen LogP contribution in [0.4, 0.5) is 5.69 Å². The Balaban J connectivity index is 1.35. The van der Waals surface area contributed by atoms with Crippen LogP contribution in [0.15, 0.2) is 54.6 Å². The quantitative estimate of drug-likeness (QED) is 0.361. The number of carboxylic acid groups (broad SMARTS) is 1. The molecule has 2 aliphatic rings. The highest BCUT2D eigenvalue weighted by Gasteiger charge is 2.38. The van der Waals surface area contributed by atoms with Crippen LogP contribution in [-0.2, 0) is 29.2 Å². The molecule has 2 aliphatic heterocycles. The van der Waals surface area contributed by atoms with Crippen LogP contribution in [0, 0.1) is 0 Å². The normalized spacial score (nSPS) is 19.6. The zero-order chi connectivity index (χ0) is 27.8. The van der Waals surface area contributed by atoms with Gasteiger partial charge in [-0.1, -0.05) is 48.3 Å². The van der Waals surface area contributed by atoms with E-state index >= 15 is 0 Å². The summed E-state index contributed by atoms with van der Waals surface area (Å²) in [6.07, 6.45) is 0.440. The third kappa shape index (κ3) is 5.44. The monoisotopic (exact) mass is 568 g/mol. The highest BCUT2D eigenvalue weighted by Crippen LogP contribution is 2.42. The summed E-state index contributed by atoms with van der Waals surface area (Å²) in [6, 6.07) is 16.0. The molecule has 1 amide bonds. The highest BCUT2D eigenvalue weighted by atomic mass is 35.5. The van der Waals surface area contributed by atoms with Crippen molar-refractivity contribution in [3.8, 4) is 11.5 Å². The molecule has 0 unspecified atom stereocenters. The van der Waals surface area contributed by atoms with E-state index in [2.05, 4.69) is 13.8 Å². The number of anilines is 1. The van der Waals surface area contributed by atoms with Crippen molar-refractivity contribution in [3.05, 3.63) is 86.9 Å². The van der Waals surface area contributed by atoms with Gasteiger partial charge in [0.15, 0.2) is 0 Å². The maximum Gasteiger partial charge on any atom is 0.321 e. The van der Waals surface area contributed by atoms with E-state index in [4.69, 9.17) is 32.7 Å². The molecule has 2 heterocycles. The summed E-state index contributed by atoms with van der Waals surface area (Å²) in [5, 5.41) is 10.8. The van der Waals surface area contributed by atoms with E-state index < -0.39 is 18.1 Å². The van der Waals surface area contributed by atoms with Gasteiger partial charge in [-0.15, -0.1) is 0 Å². The Labute approximate surface area is 237 Å². The van der Waals surface area contributed by atoms with Crippen molar-refractivity contribution in [1.82, 2.24) is 4.90 Å². The second-order valence-corrected chi connectivity index (χ2v) is 10.9. The van der Waals surface area contributed by atoms with Crippen LogP contribution >= 0.6 is 23.2 Å². The average Bonchev–Trinajstić information content (AvgIpc) is 2.94. The molecule has 0 saturated carbocycles. The first-order chi connectivity index (χ1) is 18.7. The van der Waals surface area contributed by atoms with Gasteiger partial charge in [-0.3, -0.25) is 14.5 Å². The summed E-state index contributed by atoms with van der Waals surface area (Å²) in [5.74, 6) is 0.232. The number of hydrogen-bond acceptors (Lipinski definition) is 5. The molecule has 0 fully saturated rings. The zero-order valence-corrected chi connectivity index (χ0v) is 23.5. The molecule has 0 saturated heterocycles. The Bertz CT molecular complexity index is 1410. The Morgan fingerprint density at radius 1 is 1.10 bits per heavy atom. The molecule has 9 heteroatoms. The fourth-order valence-corrected chi connectivity index (χ4v) is 5.44. The molecule has 0 radical (unpaired) electrons. The van der Waals surface area contributed by atoms with E-state index in [1.807, 2.05) is 47.4 Å². The standard InChI is InChI=1S/C30H30Cl2N2O5/c1-4-17(2)34-15-21-14-27-25(12-20(21)13-26(34)30(36)37)33(3)29(35)28(39-27)19-6-8-22(9-7-19)38-16-18-5-10-23(31)24(32)11-18/h5-12,14,17,26,28H,4,13,15-16H2,1-3H3,(H,36,37)/t17-,26-,28+/m0/s1. The SMILES string of the molecule is CC[C@H](C)N1Cc2cc3c(cc2C[C@H]1C(=O)O)N(C)C(=O)[C@@H](c1ccc(OCc2ccc(Cl)c(Cl)c2)cc1)O3. The van der Waals surface area contributed by atoms with Crippen molar-refractivity contribution in [3.63, 3.8) is 0 Å². The van der Waals surface area contributed by atoms with E-state index in [1.165, 1.54) is 0 Å². The lowest BCUT2D eigenvalue weighted by atomic mass is 9.90. The first-order valence-corrected chi connectivity index (χ1v) is 13.7. The summed E-state index contributed by atoms with van der Waals surface area (Å²) in [5.41, 5.74) is 4.22. The predicted octanol–water partition coefficient (Wildman–Crippen LogP) is 6.28. The van der Waals surface area contributed by atoms with Crippen molar-refractivity contribution in [2.45, 2.75) is 58.0 Å². The number of halogens is 2. The lowest BCUT2D eigenvalue weighted by molar-refractivity contribution is -0.145. The number of aliphatic carboxylic acids is 1. The number of nitrogens with zero attached hydrogens (tertiary/aromatic N) is 2. The second-order valence-electron chi connectivity index (χ2n) is 10.1. The van der Waals surface area contributed by atoms with Gasteiger partial charge in [0.25, 0.3) is 5.91 Å². The first kappa shape index (κ1) is 27.3. The van der Waals surface area contributed by atoms with Gasteiger partial charge in [-0.2, -0.15) is 0 Å². The van der Waals surface area contributed by atoms with Gasteiger partial charge in [-0.05, 0) is 72.9 Å². The van der Waals surface area contributed by atoms with Crippen LogP contribution in [0.25, 0.3) is 0 Å². The summed E-state index contributed by atoms with van der Waals surface area (Å²) in [6.45, 7) is 4.96. The lowest BCUT2D eigenvalue weighted by Crippen LogP contribution is -2.49. The number of carbonyl (C=O) groups is 2. The molecular weight excluding hydrogens is 539 g/mol. The number of hydrogen-bond donors (Lipinski definition) is 1. The molecule has 5 rings (SSSR count). The smallest absolute Gasteiger partial charge is 0.321 e. The summed E-state index contributed by atoms with van der Waals surface area (Å²) >= 11 is 12.1. The average molecular weight is 569 g/mol. The molecule has 7 nitrogen and oxygen atoms in total. The molecule has 0 bridgehead atoms. The Morgan fingerprint density at radius 2 is 1.85 bits per heavy atom. The molecule has 39 heavy (non-hydrogen) atoms. The van der Waals surface area contributed by atoms with Gasteiger partial charge in [0.2, 0.25) is 6.10 Å². The highest BCUT2D eigenvalue weighted by molar-refractivity contribution is 6.42. The third-order valence-corrected chi connectivity index (χ3v) is 8.36. The van der Waals surface area contributed by atoms with E-state index in [1.54, 1.807) is 24.1 Å². The summed E-state index contributed by atoms with van der Waals surface area (Å²) < 4.78 is 12.1. The van der Waals surface area contributed by atoms with Crippen LogP contribution < -0.4 is 14.4 Å². The topological polar surface area (TPSA) is 79.3 Å². The van der Waals surface area contributed by atoms with E-state index in [9.17, 15) is 14.7 Å². The third-order valence-electron chi connectivity index (χ3n) is 7.62. The maximum absolute atomic E-state index is 13.3. The fraction of sp³-hybridized carbons (Fsp3) is 0.333. The van der Waals surface area contributed by atoms with Gasteiger partial charge in [-0.25, -0.2) is 0 Å². The van der Waals surface area contributed by atoms with Crippen LogP contribution in [0.1, 0.15) is 48.6 Å². The number of amides is 1. The number of ether oxygens (including phenoxy) is 2. The fourth-order valence-electron chi connectivity index (χ4n) is 5.12. The van der Waals surface area contributed by atoms with Gasteiger partial charge in [0.05, 0.1) is 15.7 Å². The molecule has 0 aliphatic carbocycles. The van der Waals surface area contributed by atoms with E-state index in [-0.39, 0.29) is 11.9 Å². The molecule has 3 aromatic rings. The van der Waals surface area contributed by atoms with Crippen molar-refractivity contribution in [2.75, 3.05) is 11.9 Å². The summed E-state index contributed by atoms with van der Waals surface area (Å²) in [4.78, 5) is 28.9. The molecule has 204 valence electrons. The van der Waals surface area contributed by atoms with Crippen LogP contribution in [0.3, 0.4) is 0 Å². The lowest BCUT2D eigenvalue weighted by Gasteiger charge is -2.40. The predicted molar refractivity (Wildman–Crippen MR) is 151 cm³/mol.